The minimum Gasteiger partial charge on any atom is -0.335 e. The highest BCUT2D eigenvalue weighted by molar-refractivity contribution is 7.92. The zero-order chi connectivity index (χ0) is 28.7. The number of nitrogens with zero attached hydrogens (tertiary/aromatic N) is 3. The van der Waals surface area contributed by atoms with Gasteiger partial charge in [-0.1, -0.05) is 12.1 Å². The van der Waals surface area contributed by atoms with Crippen LogP contribution in [0.5, 0.6) is 0 Å². The van der Waals surface area contributed by atoms with Gasteiger partial charge in [0.2, 0.25) is 21.8 Å². The number of halogens is 6. The van der Waals surface area contributed by atoms with Crippen LogP contribution in [0, 0.1) is 17.5 Å². The van der Waals surface area contributed by atoms with Crippen LogP contribution in [-0.2, 0) is 40.5 Å². The van der Waals surface area contributed by atoms with Gasteiger partial charge in [-0.3, -0.25) is 9.52 Å². The second kappa shape index (κ2) is 10.5. The summed E-state index contributed by atoms with van der Waals surface area (Å²) in [7, 11) is -3.57. The van der Waals surface area contributed by atoms with Crippen molar-refractivity contribution in [1.29, 1.82) is 0 Å². The van der Waals surface area contributed by atoms with E-state index in [1.807, 2.05) is 0 Å². The smallest absolute Gasteiger partial charge is 0.335 e. The van der Waals surface area contributed by atoms with Crippen LogP contribution in [0.4, 0.5) is 32.0 Å². The van der Waals surface area contributed by atoms with Crippen LogP contribution in [0.2, 0.25) is 0 Å². The number of aromatic nitrogens is 2. The minimum atomic E-state index is -4.77. The number of anilines is 1. The molecule has 0 aliphatic carbocycles. The molecule has 8 nitrogen and oxygen atoms in total. The van der Waals surface area contributed by atoms with E-state index in [0.717, 1.165) is 10.8 Å². The first-order valence-electron chi connectivity index (χ1n) is 11.5. The molecule has 39 heavy (non-hydrogen) atoms. The lowest BCUT2D eigenvalue weighted by Crippen LogP contribution is -2.42. The molecule has 1 aromatic heterocycles. The lowest BCUT2D eigenvalue weighted by molar-refractivity contribution is -0.148. The van der Waals surface area contributed by atoms with Crippen molar-refractivity contribution in [2.75, 3.05) is 17.5 Å². The van der Waals surface area contributed by atoms with Crippen molar-refractivity contribution in [2.45, 2.75) is 38.1 Å². The fourth-order valence-corrected chi connectivity index (χ4v) is 4.93. The number of sulfonamides is 1. The molecule has 1 aliphatic heterocycles. The van der Waals surface area contributed by atoms with Crippen LogP contribution in [-0.4, -0.2) is 47.6 Å². The van der Waals surface area contributed by atoms with Gasteiger partial charge in [0.1, 0.15) is 5.82 Å². The number of fused-ring (bicyclic) bond motifs is 1. The maximum absolute atomic E-state index is 14.0. The standard InChI is InChI=1S/C24H23F6N5O3S/c1-39(37,38)33-16-4-2-13(3-5-16)22-20-12-34(6-7-35(20)23(32-22)24(28,29)30)21(36)10-15(31)8-14-9-18(26)19(27)11-17(14)25/h2-5,9,11,15,33H,6-8,10,12,31H2,1H3/t15-/m1/s1. The second-order valence-electron chi connectivity index (χ2n) is 9.17. The van der Waals surface area contributed by atoms with Crippen molar-refractivity contribution in [3.63, 3.8) is 0 Å². The van der Waals surface area contributed by atoms with Gasteiger partial charge in [-0.15, -0.1) is 0 Å². The summed E-state index contributed by atoms with van der Waals surface area (Å²) in [5.74, 6) is -5.29. The van der Waals surface area contributed by atoms with Gasteiger partial charge >= 0.3 is 6.18 Å². The molecule has 0 radical (unpaired) electrons. The van der Waals surface area contributed by atoms with Gasteiger partial charge in [0, 0.05) is 42.9 Å². The molecule has 15 heteroatoms. The van der Waals surface area contributed by atoms with Crippen molar-refractivity contribution in [1.82, 2.24) is 14.5 Å². The lowest BCUT2D eigenvalue weighted by Gasteiger charge is -2.30. The monoisotopic (exact) mass is 575 g/mol. The van der Waals surface area contributed by atoms with Crippen LogP contribution in [0.15, 0.2) is 36.4 Å². The van der Waals surface area contributed by atoms with E-state index in [-0.39, 0.29) is 60.7 Å². The Morgan fingerprint density at radius 1 is 1.08 bits per heavy atom. The molecule has 0 bridgehead atoms. The van der Waals surface area contributed by atoms with E-state index in [1.165, 1.54) is 29.2 Å². The first-order chi connectivity index (χ1) is 18.1. The van der Waals surface area contributed by atoms with E-state index in [1.54, 1.807) is 0 Å². The molecule has 2 aromatic carbocycles. The Kier molecular flexibility index (Phi) is 7.67. The third-order valence-electron chi connectivity index (χ3n) is 6.08. The summed E-state index contributed by atoms with van der Waals surface area (Å²) in [4.78, 5) is 18.0. The summed E-state index contributed by atoms with van der Waals surface area (Å²) in [6, 6.07) is 5.64. The molecule has 210 valence electrons. The van der Waals surface area contributed by atoms with Crippen LogP contribution >= 0.6 is 0 Å². The molecule has 1 amide bonds. The van der Waals surface area contributed by atoms with E-state index in [4.69, 9.17) is 5.73 Å². The Labute approximate surface area is 219 Å². The Hall–Kier alpha value is -3.59. The largest absolute Gasteiger partial charge is 0.449 e. The SMILES string of the molecule is CS(=O)(=O)Nc1ccc(-c2nc(C(F)(F)F)n3c2CN(C(=O)C[C@H](N)Cc2cc(F)c(F)cc2F)CC3)cc1. The van der Waals surface area contributed by atoms with Gasteiger partial charge in [0.25, 0.3) is 0 Å². The number of rotatable bonds is 7. The number of nitrogens with one attached hydrogen (secondary N) is 1. The highest BCUT2D eigenvalue weighted by atomic mass is 32.2. The van der Waals surface area contributed by atoms with E-state index < -0.39 is 51.4 Å². The van der Waals surface area contributed by atoms with Crippen molar-refractivity contribution in [3.8, 4) is 11.3 Å². The predicted octanol–water partition coefficient (Wildman–Crippen LogP) is 3.66. The first kappa shape index (κ1) is 28.4. The molecule has 0 spiro atoms. The summed E-state index contributed by atoms with van der Waals surface area (Å²) in [6.07, 6.45) is -4.40. The van der Waals surface area contributed by atoms with Gasteiger partial charge in [0.05, 0.1) is 24.2 Å². The van der Waals surface area contributed by atoms with Crippen LogP contribution in [0.1, 0.15) is 23.5 Å². The highest BCUT2D eigenvalue weighted by Gasteiger charge is 2.40. The van der Waals surface area contributed by atoms with E-state index in [0.29, 0.717) is 12.1 Å². The Bertz CT molecular complexity index is 1510. The molecule has 0 saturated carbocycles. The summed E-state index contributed by atoms with van der Waals surface area (Å²) in [5, 5.41) is 0. The number of carbonyl (C=O) groups is 1. The number of alkyl halides is 3. The molecule has 3 N–H and O–H groups in total. The Morgan fingerprint density at radius 2 is 1.72 bits per heavy atom. The number of benzene rings is 2. The van der Waals surface area contributed by atoms with Crippen LogP contribution < -0.4 is 10.5 Å². The van der Waals surface area contributed by atoms with Gasteiger partial charge in [-0.2, -0.15) is 13.2 Å². The maximum atomic E-state index is 14.0. The summed E-state index contributed by atoms with van der Waals surface area (Å²) in [5.41, 5.74) is 6.31. The number of imidazole rings is 1. The molecule has 1 aliphatic rings. The number of nitrogens with two attached hydrogens (primary N) is 1. The highest BCUT2D eigenvalue weighted by Crippen LogP contribution is 2.36. The average Bonchev–Trinajstić information content (AvgIpc) is 3.21. The van der Waals surface area contributed by atoms with Crippen LogP contribution in [0.3, 0.4) is 0 Å². The van der Waals surface area contributed by atoms with Gasteiger partial charge in [-0.25, -0.2) is 26.6 Å². The van der Waals surface area contributed by atoms with E-state index in [2.05, 4.69) is 9.71 Å². The number of amides is 1. The number of hydrogen-bond acceptors (Lipinski definition) is 5. The molecule has 0 unspecified atom stereocenters. The summed E-state index contributed by atoms with van der Waals surface area (Å²) < 4.78 is 108. The normalized spacial score (nSPS) is 14.7. The third-order valence-corrected chi connectivity index (χ3v) is 6.69. The van der Waals surface area contributed by atoms with E-state index >= 15 is 0 Å². The molecule has 2 heterocycles. The van der Waals surface area contributed by atoms with Crippen LogP contribution in [0.25, 0.3) is 11.3 Å². The Balaban J connectivity index is 1.55. The topological polar surface area (TPSA) is 110 Å². The van der Waals surface area contributed by atoms with Crippen molar-refractivity contribution < 1.29 is 39.6 Å². The maximum Gasteiger partial charge on any atom is 0.449 e. The second-order valence-corrected chi connectivity index (χ2v) is 10.9. The summed E-state index contributed by atoms with van der Waals surface area (Å²) in [6.45, 7) is -0.509. The van der Waals surface area contributed by atoms with Crippen molar-refractivity contribution in [3.05, 3.63) is 70.9 Å². The fourth-order valence-electron chi connectivity index (χ4n) is 4.37. The molecular formula is C24H23F6N5O3S. The summed E-state index contributed by atoms with van der Waals surface area (Å²) >= 11 is 0. The average molecular weight is 576 g/mol. The minimum absolute atomic E-state index is 0.0288. The fraction of sp³-hybridized carbons (Fsp3) is 0.333. The lowest BCUT2D eigenvalue weighted by atomic mass is 10.0. The molecule has 3 aromatic rings. The van der Waals surface area contributed by atoms with Gasteiger partial charge in [0.15, 0.2) is 11.6 Å². The number of hydrogen-bond donors (Lipinski definition) is 2. The molecule has 0 saturated heterocycles. The van der Waals surface area contributed by atoms with Gasteiger partial charge in [-0.05, 0) is 30.2 Å². The predicted molar refractivity (Wildman–Crippen MR) is 129 cm³/mol. The Morgan fingerprint density at radius 3 is 2.33 bits per heavy atom. The zero-order valence-electron chi connectivity index (χ0n) is 20.4. The first-order valence-corrected chi connectivity index (χ1v) is 13.4. The van der Waals surface area contributed by atoms with Gasteiger partial charge < -0.3 is 15.2 Å². The van der Waals surface area contributed by atoms with E-state index in [9.17, 15) is 39.6 Å². The van der Waals surface area contributed by atoms with Crippen molar-refractivity contribution >= 4 is 21.6 Å². The number of carbonyl (C=O) groups excluding carboxylic acids is 1. The molecule has 4 rings (SSSR count). The molecular weight excluding hydrogens is 552 g/mol. The molecule has 1 atom stereocenters. The van der Waals surface area contributed by atoms with Crippen molar-refractivity contribution in [2.24, 2.45) is 5.73 Å². The third kappa shape index (κ3) is 6.53. The molecule has 0 fully saturated rings. The zero-order valence-corrected chi connectivity index (χ0v) is 21.2. The quantitative estimate of drug-likeness (QED) is 0.330.